The molecule has 0 radical (unpaired) electrons. The van der Waals surface area contributed by atoms with Gasteiger partial charge in [-0.05, 0) is 51.4 Å². The molecule has 0 aromatic rings. The maximum Gasteiger partial charge on any atom is 0.472 e. The molecule has 0 aromatic carbocycles. The second-order valence-corrected chi connectivity index (χ2v) is 17.2. The third-order valence-electron chi connectivity index (χ3n) is 10.1. The van der Waals surface area contributed by atoms with Gasteiger partial charge in [0.25, 0.3) is 0 Å². The lowest BCUT2D eigenvalue weighted by atomic mass is 10.0. The Balaban J connectivity index is 3.59. The molecule has 0 aliphatic rings. The van der Waals surface area contributed by atoms with Crippen molar-refractivity contribution >= 4 is 19.7 Å². The number of carbonyl (C=O) groups excluding carboxylic acids is 2. The van der Waals surface area contributed by atoms with Crippen molar-refractivity contribution in [3.63, 3.8) is 0 Å². The molecule has 2 atom stereocenters. The quantitative estimate of drug-likeness (QED) is 0.0239. The molecule has 57 heavy (non-hydrogen) atoms. The largest absolute Gasteiger partial charge is 0.472 e. The van der Waals surface area contributed by atoms with Crippen molar-refractivity contribution in [1.29, 1.82) is 0 Å². The van der Waals surface area contributed by atoms with Crippen LogP contribution in [-0.4, -0.2) is 54.3 Å². The Kier molecular flexibility index (Phi) is 42.4. The Bertz CT molecular complexity index is 1030. The number of hydrogen-bond donors (Lipinski definition) is 3. The Labute approximate surface area is 350 Å². The first-order chi connectivity index (χ1) is 27.8. The van der Waals surface area contributed by atoms with Gasteiger partial charge in [0.05, 0.1) is 13.2 Å². The second kappa shape index (κ2) is 43.8. The molecular weight excluding hydrogens is 737 g/mol. The number of allylic oxidation sites excluding steroid dienone is 6. The van der Waals surface area contributed by atoms with E-state index in [2.05, 4.69) is 55.6 Å². The predicted octanol–water partition coefficient (Wildman–Crippen LogP) is 13.3. The lowest BCUT2D eigenvalue weighted by molar-refractivity contribution is -0.147. The number of ether oxygens (including phenoxy) is 1. The molecule has 0 aromatic heterocycles. The summed E-state index contributed by atoms with van der Waals surface area (Å²) in [5.74, 6) is -0.523. The summed E-state index contributed by atoms with van der Waals surface area (Å²) in [5.41, 5.74) is 0. The smallest absolute Gasteiger partial charge is 0.463 e. The van der Waals surface area contributed by atoms with Crippen LogP contribution in [0.1, 0.15) is 219 Å². The predicted molar refractivity (Wildman–Crippen MR) is 238 cm³/mol. The van der Waals surface area contributed by atoms with Gasteiger partial charge in [0.1, 0.15) is 12.7 Å². The van der Waals surface area contributed by atoms with Crippen LogP contribution in [0.5, 0.6) is 0 Å². The van der Waals surface area contributed by atoms with Gasteiger partial charge in [-0.25, -0.2) is 4.57 Å². The summed E-state index contributed by atoms with van der Waals surface area (Å²) in [6, 6.07) is 0. The van der Waals surface area contributed by atoms with E-state index in [1.807, 2.05) is 0 Å². The molecule has 3 N–H and O–H groups in total. The third-order valence-corrected chi connectivity index (χ3v) is 11.1. The van der Waals surface area contributed by atoms with Gasteiger partial charge in [-0.3, -0.25) is 18.6 Å². The first-order valence-electron chi connectivity index (χ1n) is 23.5. The summed E-state index contributed by atoms with van der Waals surface area (Å²) in [6.07, 6.45) is 49.3. The number of carbonyl (C=O) groups is 2. The van der Waals surface area contributed by atoms with Crippen LogP contribution in [0.4, 0.5) is 0 Å². The molecule has 9 nitrogen and oxygen atoms in total. The van der Waals surface area contributed by atoms with Crippen LogP contribution < -0.4 is 5.32 Å². The Morgan fingerprint density at radius 3 is 1.46 bits per heavy atom. The van der Waals surface area contributed by atoms with Gasteiger partial charge >= 0.3 is 13.8 Å². The third kappa shape index (κ3) is 45.2. The number of aliphatic hydroxyl groups excluding tert-OH is 1. The van der Waals surface area contributed by atoms with Crippen molar-refractivity contribution < 1.29 is 37.9 Å². The Morgan fingerprint density at radius 1 is 0.544 bits per heavy atom. The average Bonchev–Trinajstić information content (AvgIpc) is 3.20. The number of phosphoric acid groups is 1. The fraction of sp³-hybridized carbons (Fsp3) is 0.830. The minimum Gasteiger partial charge on any atom is -0.463 e. The number of esters is 1. The number of unbranched alkanes of at least 4 members (excludes halogenated alkanes) is 25. The number of phosphoric ester groups is 1. The van der Waals surface area contributed by atoms with E-state index in [4.69, 9.17) is 13.8 Å². The molecule has 0 aliphatic carbocycles. The SMILES string of the molecule is CCCCC/C=C\C/C=C\C/C=C\CCCCCCCCC(=O)OCC(O)COP(=O)(O)OCCNC(=O)CCCCCCCCCCCCCCCCCCC. The summed E-state index contributed by atoms with van der Waals surface area (Å²) >= 11 is 0. The molecule has 2 unspecified atom stereocenters. The molecule has 0 heterocycles. The van der Waals surface area contributed by atoms with E-state index < -0.39 is 26.5 Å². The van der Waals surface area contributed by atoms with Gasteiger partial charge in [0.15, 0.2) is 0 Å². The highest BCUT2D eigenvalue weighted by atomic mass is 31.2. The van der Waals surface area contributed by atoms with E-state index in [1.54, 1.807) is 0 Å². The van der Waals surface area contributed by atoms with Crippen LogP contribution in [0.2, 0.25) is 0 Å². The topological polar surface area (TPSA) is 131 Å². The number of nitrogens with one attached hydrogen (secondary N) is 1. The first kappa shape index (κ1) is 55.2. The monoisotopic (exact) mass is 826 g/mol. The van der Waals surface area contributed by atoms with Gasteiger partial charge in [0, 0.05) is 19.4 Å². The number of amides is 1. The fourth-order valence-electron chi connectivity index (χ4n) is 6.51. The second-order valence-electron chi connectivity index (χ2n) is 15.7. The summed E-state index contributed by atoms with van der Waals surface area (Å²) < 4.78 is 26.9. The Hall–Kier alpha value is -1.77. The lowest BCUT2D eigenvalue weighted by Gasteiger charge is -2.15. The number of hydrogen-bond acceptors (Lipinski definition) is 7. The van der Waals surface area contributed by atoms with E-state index in [0.29, 0.717) is 6.42 Å². The van der Waals surface area contributed by atoms with Gasteiger partial charge in [0.2, 0.25) is 5.91 Å². The van der Waals surface area contributed by atoms with Gasteiger partial charge in [-0.15, -0.1) is 0 Å². The van der Waals surface area contributed by atoms with Crippen LogP contribution in [0.3, 0.4) is 0 Å². The normalized spacial score (nSPS) is 13.5. The number of aliphatic hydroxyl groups is 1. The zero-order valence-corrected chi connectivity index (χ0v) is 37.7. The standard InChI is InChI=1S/C47H88NO8P/c1-3-5-7-9-11-13-15-17-19-21-22-24-26-28-30-32-34-36-38-40-47(51)54-43-45(49)44-56-57(52,53)55-42-41-48-46(50)39-37-35-33-31-29-27-25-23-20-18-16-14-12-10-8-6-4-2/h11,13,17,19,22,24,45,49H,3-10,12,14-16,18,20-21,23,25-44H2,1-2H3,(H,48,50)(H,52,53)/b13-11-,19-17-,24-22-. The number of rotatable bonds is 44. The van der Waals surface area contributed by atoms with Crippen molar-refractivity contribution in [3.05, 3.63) is 36.5 Å². The minimum atomic E-state index is -4.42. The highest BCUT2D eigenvalue weighted by Gasteiger charge is 2.23. The van der Waals surface area contributed by atoms with E-state index in [0.717, 1.165) is 64.2 Å². The highest BCUT2D eigenvalue weighted by Crippen LogP contribution is 2.42. The van der Waals surface area contributed by atoms with E-state index in [1.165, 1.54) is 128 Å². The molecule has 0 aliphatic heterocycles. The van der Waals surface area contributed by atoms with E-state index in [-0.39, 0.29) is 32.1 Å². The van der Waals surface area contributed by atoms with Crippen molar-refractivity contribution in [2.24, 2.45) is 0 Å². The molecule has 1 amide bonds. The highest BCUT2D eigenvalue weighted by molar-refractivity contribution is 7.47. The molecule has 0 saturated carbocycles. The zero-order valence-electron chi connectivity index (χ0n) is 36.8. The van der Waals surface area contributed by atoms with Crippen LogP contribution >= 0.6 is 7.82 Å². The van der Waals surface area contributed by atoms with Crippen molar-refractivity contribution in [1.82, 2.24) is 5.32 Å². The summed E-state index contributed by atoms with van der Waals surface area (Å²) in [7, 11) is -4.42. The van der Waals surface area contributed by atoms with Crippen LogP contribution in [0.15, 0.2) is 36.5 Å². The molecule has 10 heteroatoms. The lowest BCUT2D eigenvalue weighted by Crippen LogP contribution is -2.27. The van der Waals surface area contributed by atoms with Crippen LogP contribution in [0.25, 0.3) is 0 Å². The molecule has 0 saturated heterocycles. The fourth-order valence-corrected chi connectivity index (χ4v) is 7.26. The van der Waals surface area contributed by atoms with E-state index >= 15 is 0 Å². The maximum atomic E-state index is 12.1. The Morgan fingerprint density at radius 2 is 0.947 bits per heavy atom. The van der Waals surface area contributed by atoms with Crippen molar-refractivity contribution in [3.8, 4) is 0 Å². The average molecular weight is 826 g/mol. The van der Waals surface area contributed by atoms with Crippen molar-refractivity contribution in [2.45, 2.75) is 225 Å². The summed E-state index contributed by atoms with van der Waals surface area (Å²) in [4.78, 5) is 34.0. The zero-order chi connectivity index (χ0) is 41.8. The summed E-state index contributed by atoms with van der Waals surface area (Å²) in [5, 5.41) is 12.7. The molecule has 334 valence electrons. The van der Waals surface area contributed by atoms with E-state index in [9.17, 15) is 24.2 Å². The van der Waals surface area contributed by atoms with Crippen molar-refractivity contribution in [2.75, 3.05) is 26.4 Å². The molecule has 0 fully saturated rings. The molecule has 0 bridgehead atoms. The van der Waals surface area contributed by atoms with Crippen LogP contribution in [0, 0.1) is 0 Å². The first-order valence-corrected chi connectivity index (χ1v) is 25.0. The minimum absolute atomic E-state index is 0.0825. The van der Waals surface area contributed by atoms with Crippen LogP contribution in [-0.2, 0) is 27.9 Å². The van der Waals surface area contributed by atoms with Gasteiger partial charge in [-0.2, -0.15) is 0 Å². The maximum absolute atomic E-state index is 12.1. The van der Waals surface area contributed by atoms with Gasteiger partial charge in [-0.1, -0.05) is 192 Å². The summed E-state index contributed by atoms with van der Waals surface area (Å²) in [6.45, 7) is 3.54. The van der Waals surface area contributed by atoms with Gasteiger partial charge < -0.3 is 20.1 Å². The molecular formula is C47H88NO8P. The molecule has 0 rings (SSSR count). The molecule has 0 spiro atoms.